The van der Waals surface area contributed by atoms with E-state index >= 15 is 0 Å². The average Bonchev–Trinajstić information content (AvgIpc) is 2.91. The Morgan fingerprint density at radius 2 is 1.63 bits per heavy atom. The van der Waals surface area contributed by atoms with Crippen LogP contribution < -0.4 is 0 Å². The molecule has 0 aromatic heterocycles. The minimum atomic E-state index is -0.843. The molecule has 2 rings (SSSR count). The van der Waals surface area contributed by atoms with E-state index in [0.717, 1.165) is 26.2 Å². The number of carboxylic acid groups (broad SMARTS) is 1. The van der Waals surface area contributed by atoms with Crippen LogP contribution in [0.25, 0.3) is 0 Å². The Labute approximate surface area is 114 Å². The third kappa shape index (κ3) is 2.48. The molecule has 0 spiro atoms. The highest BCUT2D eigenvalue weighted by atomic mass is 16.4. The molecule has 0 aromatic carbocycles. The minimum absolute atomic E-state index is 0.0285. The van der Waals surface area contributed by atoms with Gasteiger partial charge < -0.3 is 10.0 Å². The molecule has 2 atom stereocenters. The number of hydrogen-bond donors (Lipinski definition) is 1. The van der Waals surface area contributed by atoms with Gasteiger partial charge in [0.2, 0.25) is 5.91 Å². The number of carboxylic acids is 1. The molecule has 1 aliphatic carbocycles. The van der Waals surface area contributed by atoms with Crippen molar-refractivity contribution in [2.75, 3.05) is 26.2 Å². The van der Waals surface area contributed by atoms with E-state index < -0.39 is 17.3 Å². The van der Waals surface area contributed by atoms with Gasteiger partial charge in [0.1, 0.15) is 0 Å². The lowest BCUT2D eigenvalue weighted by Gasteiger charge is -2.37. The summed E-state index contributed by atoms with van der Waals surface area (Å²) in [6.07, 6.45) is 0. The number of nitrogens with zero attached hydrogens (tertiary/aromatic N) is 2. The van der Waals surface area contributed by atoms with Crippen LogP contribution in [0, 0.1) is 17.3 Å². The van der Waals surface area contributed by atoms with Gasteiger partial charge in [0.15, 0.2) is 0 Å². The third-order valence-corrected chi connectivity index (χ3v) is 4.72. The second kappa shape index (κ2) is 4.78. The van der Waals surface area contributed by atoms with Gasteiger partial charge in [-0.15, -0.1) is 0 Å². The molecule has 1 heterocycles. The van der Waals surface area contributed by atoms with Crippen molar-refractivity contribution in [1.29, 1.82) is 0 Å². The van der Waals surface area contributed by atoms with Crippen LogP contribution in [0.1, 0.15) is 27.7 Å². The van der Waals surface area contributed by atoms with Gasteiger partial charge in [0.25, 0.3) is 0 Å². The van der Waals surface area contributed by atoms with E-state index in [1.54, 1.807) is 0 Å². The zero-order chi connectivity index (χ0) is 14.4. The highest BCUT2D eigenvalue weighted by Crippen LogP contribution is 2.59. The normalized spacial score (nSPS) is 30.5. The summed E-state index contributed by atoms with van der Waals surface area (Å²) in [5, 5.41) is 9.14. The second-order valence-corrected chi connectivity index (χ2v) is 6.57. The molecule has 2 unspecified atom stereocenters. The molecule has 5 heteroatoms. The van der Waals surface area contributed by atoms with Crippen molar-refractivity contribution >= 4 is 11.9 Å². The van der Waals surface area contributed by atoms with Crippen molar-refractivity contribution in [2.45, 2.75) is 33.7 Å². The fraction of sp³-hybridized carbons (Fsp3) is 0.857. The topological polar surface area (TPSA) is 60.9 Å². The molecule has 1 saturated carbocycles. The zero-order valence-electron chi connectivity index (χ0n) is 12.2. The van der Waals surface area contributed by atoms with Crippen molar-refractivity contribution in [2.24, 2.45) is 17.3 Å². The van der Waals surface area contributed by atoms with Crippen molar-refractivity contribution in [3.63, 3.8) is 0 Å². The molecule has 1 aliphatic heterocycles. The Kier molecular flexibility index (Phi) is 3.60. The number of carbonyl (C=O) groups excluding carboxylic acids is 1. The molecule has 0 radical (unpaired) electrons. The Morgan fingerprint density at radius 1 is 1.11 bits per heavy atom. The highest BCUT2D eigenvalue weighted by molar-refractivity contribution is 5.91. The molecule has 1 amide bonds. The van der Waals surface area contributed by atoms with Crippen LogP contribution in [0.4, 0.5) is 0 Å². The Hall–Kier alpha value is -1.10. The van der Waals surface area contributed by atoms with Crippen LogP contribution in [0.15, 0.2) is 0 Å². The lowest BCUT2D eigenvalue weighted by molar-refractivity contribution is -0.142. The average molecular weight is 268 g/mol. The van der Waals surface area contributed by atoms with Gasteiger partial charge in [-0.2, -0.15) is 0 Å². The molecular weight excluding hydrogens is 244 g/mol. The van der Waals surface area contributed by atoms with E-state index in [9.17, 15) is 9.59 Å². The molecular formula is C14H24N2O3. The fourth-order valence-corrected chi connectivity index (χ4v) is 3.21. The smallest absolute Gasteiger partial charge is 0.307 e. The predicted octanol–water partition coefficient (Wildman–Crippen LogP) is 0.896. The minimum Gasteiger partial charge on any atom is -0.481 e. The fourth-order valence-electron chi connectivity index (χ4n) is 3.21. The zero-order valence-corrected chi connectivity index (χ0v) is 12.2. The number of piperazine rings is 1. The molecule has 0 aromatic rings. The van der Waals surface area contributed by atoms with Gasteiger partial charge in [-0.25, -0.2) is 0 Å². The summed E-state index contributed by atoms with van der Waals surface area (Å²) in [6, 6.07) is 0.501. The lowest BCUT2D eigenvalue weighted by Crippen LogP contribution is -2.51. The van der Waals surface area contributed by atoms with Crippen LogP contribution in [0.2, 0.25) is 0 Å². The molecule has 2 aliphatic rings. The summed E-state index contributed by atoms with van der Waals surface area (Å²) in [5.41, 5.74) is -0.391. The van der Waals surface area contributed by atoms with Crippen molar-refractivity contribution < 1.29 is 14.7 Å². The molecule has 0 bridgehead atoms. The molecule has 1 N–H and O–H groups in total. The lowest BCUT2D eigenvalue weighted by atomic mass is 10.1. The van der Waals surface area contributed by atoms with Gasteiger partial charge in [0.05, 0.1) is 11.8 Å². The largest absolute Gasteiger partial charge is 0.481 e. The van der Waals surface area contributed by atoms with Crippen LogP contribution in [-0.2, 0) is 9.59 Å². The highest BCUT2D eigenvalue weighted by Gasteiger charge is 2.66. The Balaban J connectivity index is 1.94. The van der Waals surface area contributed by atoms with Gasteiger partial charge in [-0.3, -0.25) is 14.5 Å². The van der Waals surface area contributed by atoms with E-state index in [1.165, 1.54) is 0 Å². The van der Waals surface area contributed by atoms with Crippen molar-refractivity contribution in [1.82, 2.24) is 9.80 Å². The molecule has 108 valence electrons. The van der Waals surface area contributed by atoms with Crippen LogP contribution in [0.5, 0.6) is 0 Å². The first-order chi connectivity index (χ1) is 8.76. The standard InChI is InChI=1S/C14H24N2O3/c1-9(2)15-5-7-16(8-6-15)12(17)10-11(13(18)19)14(10,3)4/h9-11H,5-8H2,1-4H3,(H,18,19). The molecule has 2 fully saturated rings. The summed E-state index contributed by atoms with van der Waals surface area (Å²) >= 11 is 0. The molecule has 1 saturated heterocycles. The van der Waals surface area contributed by atoms with Gasteiger partial charge in [0, 0.05) is 32.2 Å². The van der Waals surface area contributed by atoms with Crippen LogP contribution >= 0.6 is 0 Å². The first-order valence-corrected chi connectivity index (χ1v) is 7.02. The number of amides is 1. The summed E-state index contributed by atoms with van der Waals surface area (Å²) in [7, 11) is 0. The van der Waals surface area contributed by atoms with E-state index in [-0.39, 0.29) is 11.8 Å². The van der Waals surface area contributed by atoms with Crippen molar-refractivity contribution in [3.8, 4) is 0 Å². The maximum Gasteiger partial charge on any atom is 0.307 e. The number of hydrogen-bond acceptors (Lipinski definition) is 3. The van der Waals surface area contributed by atoms with E-state index in [0.29, 0.717) is 6.04 Å². The van der Waals surface area contributed by atoms with Gasteiger partial charge in [-0.1, -0.05) is 13.8 Å². The summed E-state index contributed by atoms with van der Waals surface area (Å²) in [4.78, 5) is 27.7. The van der Waals surface area contributed by atoms with E-state index in [4.69, 9.17) is 5.11 Å². The Morgan fingerprint density at radius 3 is 2.00 bits per heavy atom. The third-order valence-electron chi connectivity index (χ3n) is 4.72. The number of carbonyl (C=O) groups is 2. The molecule has 19 heavy (non-hydrogen) atoms. The second-order valence-electron chi connectivity index (χ2n) is 6.57. The monoisotopic (exact) mass is 268 g/mol. The number of aliphatic carboxylic acids is 1. The SMILES string of the molecule is CC(C)N1CCN(C(=O)C2C(C(=O)O)C2(C)C)CC1. The molecule has 5 nitrogen and oxygen atoms in total. The first kappa shape index (κ1) is 14.3. The maximum absolute atomic E-state index is 12.4. The van der Waals surface area contributed by atoms with Gasteiger partial charge >= 0.3 is 5.97 Å². The summed E-state index contributed by atoms with van der Waals surface area (Å²) in [5.74, 6) is -1.66. The summed E-state index contributed by atoms with van der Waals surface area (Å²) < 4.78 is 0. The van der Waals surface area contributed by atoms with Crippen LogP contribution in [-0.4, -0.2) is 59.0 Å². The predicted molar refractivity (Wildman–Crippen MR) is 71.7 cm³/mol. The first-order valence-electron chi connectivity index (χ1n) is 7.02. The summed E-state index contributed by atoms with van der Waals surface area (Å²) in [6.45, 7) is 11.3. The number of rotatable bonds is 3. The van der Waals surface area contributed by atoms with Crippen LogP contribution in [0.3, 0.4) is 0 Å². The Bertz CT molecular complexity index is 384. The maximum atomic E-state index is 12.4. The van der Waals surface area contributed by atoms with E-state index in [2.05, 4.69) is 18.7 Å². The van der Waals surface area contributed by atoms with Crippen molar-refractivity contribution in [3.05, 3.63) is 0 Å². The quantitative estimate of drug-likeness (QED) is 0.826. The van der Waals surface area contributed by atoms with E-state index in [1.807, 2.05) is 18.7 Å². The van der Waals surface area contributed by atoms with Gasteiger partial charge in [-0.05, 0) is 19.3 Å².